The van der Waals surface area contributed by atoms with Gasteiger partial charge in [0.15, 0.2) is 0 Å². The zero-order chi connectivity index (χ0) is 27.9. The summed E-state index contributed by atoms with van der Waals surface area (Å²) in [7, 11) is 0. The minimum atomic E-state index is -3.47. The molecule has 0 saturated carbocycles. The molecular weight excluding hydrogens is 515 g/mol. The molecule has 0 bridgehead atoms. The van der Waals surface area contributed by atoms with Crippen LogP contribution < -0.4 is 5.32 Å². The van der Waals surface area contributed by atoms with Crippen molar-refractivity contribution in [3.05, 3.63) is 64.4 Å². The van der Waals surface area contributed by atoms with Gasteiger partial charge in [-0.15, -0.1) is 6.42 Å². The highest BCUT2D eigenvalue weighted by Gasteiger charge is 2.43. The standard InChI is InChI=1S/C29H31F5N4O/c1-3-18-5-6-21-22-9-17(2)38(15-29(33,34)16-39)28(27(22)36-25(21)10-18)26-23(31)11-19(12-24(26)32)35-20-13-37(14-20)8-4-7-30/h1,5-6,10-12,17,20,28,35-36,39H,4,7-9,13-16H2,2H3/t17-,28-/m0/s1. The number of benzene rings is 2. The molecule has 10 heteroatoms. The molecule has 0 aliphatic carbocycles. The molecule has 2 aliphatic heterocycles. The highest BCUT2D eigenvalue weighted by molar-refractivity contribution is 5.86. The average Bonchev–Trinajstić information content (AvgIpc) is 3.23. The summed E-state index contributed by atoms with van der Waals surface area (Å²) in [4.78, 5) is 6.60. The van der Waals surface area contributed by atoms with Gasteiger partial charge < -0.3 is 15.4 Å². The molecule has 3 aromatic rings. The van der Waals surface area contributed by atoms with Gasteiger partial charge in [0, 0.05) is 59.1 Å². The van der Waals surface area contributed by atoms with Crippen molar-refractivity contribution in [3.8, 4) is 12.3 Å². The first kappa shape index (κ1) is 27.4. The van der Waals surface area contributed by atoms with Crippen LogP contribution >= 0.6 is 0 Å². The van der Waals surface area contributed by atoms with Crippen molar-refractivity contribution in [2.24, 2.45) is 0 Å². The van der Waals surface area contributed by atoms with Crippen molar-refractivity contribution in [2.45, 2.75) is 43.8 Å². The first-order valence-electron chi connectivity index (χ1n) is 13.0. The van der Waals surface area contributed by atoms with E-state index in [1.807, 2.05) is 11.0 Å². The fourth-order valence-electron chi connectivity index (χ4n) is 5.82. The number of aliphatic hydroxyl groups excluding tert-OH is 1. The molecule has 2 atom stereocenters. The second-order valence-corrected chi connectivity index (χ2v) is 10.6. The van der Waals surface area contributed by atoms with E-state index in [-0.39, 0.29) is 17.3 Å². The van der Waals surface area contributed by atoms with E-state index in [1.165, 1.54) is 17.0 Å². The third kappa shape index (κ3) is 5.36. The van der Waals surface area contributed by atoms with E-state index >= 15 is 8.78 Å². The minimum Gasteiger partial charge on any atom is -0.390 e. The smallest absolute Gasteiger partial charge is 0.283 e. The highest BCUT2D eigenvalue weighted by atomic mass is 19.3. The molecule has 5 rings (SSSR count). The second kappa shape index (κ2) is 10.8. The Bertz CT molecular complexity index is 1370. The molecule has 0 amide bonds. The summed E-state index contributed by atoms with van der Waals surface area (Å²) in [6, 6.07) is 5.99. The predicted molar refractivity (Wildman–Crippen MR) is 141 cm³/mol. The lowest BCUT2D eigenvalue weighted by Gasteiger charge is -2.42. The Morgan fingerprint density at radius 2 is 1.90 bits per heavy atom. The Morgan fingerprint density at radius 3 is 2.54 bits per heavy atom. The second-order valence-electron chi connectivity index (χ2n) is 10.6. The van der Waals surface area contributed by atoms with Crippen LogP contribution in [0.2, 0.25) is 0 Å². The number of alkyl halides is 3. The summed E-state index contributed by atoms with van der Waals surface area (Å²) < 4.78 is 72.9. The number of aliphatic hydroxyl groups is 1. The van der Waals surface area contributed by atoms with Gasteiger partial charge in [-0.3, -0.25) is 14.2 Å². The summed E-state index contributed by atoms with van der Waals surface area (Å²) in [6.45, 7) is 0.966. The summed E-state index contributed by atoms with van der Waals surface area (Å²) in [5, 5.41) is 13.2. The van der Waals surface area contributed by atoms with Gasteiger partial charge >= 0.3 is 0 Å². The monoisotopic (exact) mass is 546 g/mol. The number of terminal acetylenes is 1. The Labute approximate surface area is 224 Å². The van der Waals surface area contributed by atoms with Gasteiger partial charge in [0.1, 0.15) is 18.2 Å². The van der Waals surface area contributed by atoms with E-state index in [9.17, 15) is 18.3 Å². The molecule has 1 fully saturated rings. The van der Waals surface area contributed by atoms with E-state index in [0.717, 1.165) is 10.9 Å². The summed E-state index contributed by atoms with van der Waals surface area (Å²) >= 11 is 0. The molecule has 208 valence electrons. The normalized spacial score (nSPS) is 20.6. The van der Waals surface area contributed by atoms with Crippen LogP contribution in [0.4, 0.5) is 27.6 Å². The molecular formula is C29H31F5N4O. The number of halogens is 5. The fraction of sp³-hybridized carbons (Fsp3) is 0.448. The SMILES string of the molecule is C#Cc1ccc2c3c([nH]c2c1)[C@H](c1c(F)cc(NC2CN(CCCF)C2)cc1F)N(CC(F)(F)CO)[C@@H](C)C3. The van der Waals surface area contributed by atoms with E-state index in [0.29, 0.717) is 49.2 Å². The van der Waals surface area contributed by atoms with Gasteiger partial charge in [0.2, 0.25) is 0 Å². The maximum atomic E-state index is 15.8. The molecule has 2 aromatic carbocycles. The number of hydrogen-bond donors (Lipinski definition) is 3. The van der Waals surface area contributed by atoms with Crippen LogP contribution in [-0.2, 0) is 6.42 Å². The van der Waals surface area contributed by atoms with Crippen molar-refractivity contribution in [3.63, 3.8) is 0 Å². The number of fused-ring (bicyclic) bond motifs is 3. The van der Waals surface area contributed by atoms with E-state index in [2.05, 4.69) is 16.2 Å². The van der Waals surface area contributed by atoms with Gasteiger partial charge in [0.25, 0.3) is 5.92 Å². The lowest BCUT2D eigenvalue weighted by molar-refractivity contribution is -0.0869. The number of aromatic nitrogens is 1. The Morgan fingerprint density at radius 1 is 1.18 bits per heavy atom. The molecule has 39 heavy (non-hydrogen) atoms. The number of rotatable bonds is 9. The highest BCUT2D eigenvalue weighted by Crippen LogP contribution is 2.44. The third-order valence-corrected chi connectivity index (χ3v) is 7.71. The van der Waals surface area contributed by atoms with Crippen molar-refractivity contribution in [1.82, 2.24) is 14.8 Å². The number of likely N-dealkylation sites (tertiary alicyclic amines) is 1. The van der Waals surface area contributed by atoms with Crippen molar-refractivity contribution in [2.75, 3.05) is 44.8 Å². The van der Waals surface area contributed by atoms with Crippen molar-refractivity contribution < 1.29 is 27.1 Å². The fourth-order valence-corrected chi connectivity index (χ4v) is 5.82. The molecule has 5 nitrogen and oxygen atoms in total. The van der Waals surface area contributed by atoms with Crippen LogP contribution in [0.15, 0.2) is 30.3 Å². The van der Waals surface area contributed by atoms with Gasteiger partial charge in [-0.2, -0.15) is 0 Å². The number of nitrogens with zero attached hydrogens (tertiary/aromatic N) is 2. The van der Waals surface area contributed by atoms with Crippen LogP contribution in [0.25, 0.3) is 10.9 Å². The topological polar surface area (TPSA) is 54.5 Å². The summed E-state index contributed by atoms with van der Waals surface area (Å²) in [6.07, 6.45) is 6.35. The molecule has 0 spiro atoms. The largest absolute Gasteiger partial charge is 0.390 e. The zero-order valence-corrected chi connectivity index (χ0v) is 21.6. The summed E-state index contributed by atoms with van der Waals surface area (Å²) in [5.74, 6) is -2.64. The first-order chi connectivity index (χ1) is 18.6. The number of anilines is 1. The zero-order valence-electron chi connectivity index (χ0n) is 21.6. The van der Waals surface area contributed by atoms with Crippen LogP contribution in [0.1, 0.15) is 41.8 Å². The number of hydrogen-bond acceptors (Lipinski definition) is 4. The van der Waals surface area contributed by atoms with E-state index < -0.39 is 49.5 Å². The first-order valence-corrected chi connectivity index (χ1v) is 13.0. The quantitative estimate of drug-likeness (QED) is 0.266. The molecule has 1 saturated heterocycles. The molecule has 2 aliphatic rings. The molecule has 0 radical (unpaired) electrons. The Hall–Kier alpha value is -3.13. The van der Waals surface area contributed by atoms with Gasteiger partial charge in [-0.05, 0) is 49.6 Å². The predicted octanol–water partition coefficient (Wildman–Crippen LogP) is 4.85. The number of nitrogens with one attached hydrogen (secondary N) is 2. The lowest BCUT2D eigenvalue weighted by atomic mass is 9.87. The Kier molecular flexibility index (Phi) is 7.60. The molecule has 3 heterocycles. The third-order valence-electron chi connectivity index (χ3n) is 7.71. The lowest BCUT2D eigenvalue weighted by Crippen LogP contribution is -2.54. The maximum Gasteiger partial charge on any atom is 0.283 e. The summed E-state index contributed by atoms with van der Waals surface area (Å²) in [5.41, 5.74) is 2.39. The maximum absolute atomic E-state index is 15.8. The number of aromatic amines is 1. The van der Waals surface area contributed by atoms with Gasteiger partial charge in [-0.1, -0.05) is 12.0 Å². The Balaban J connectivity index is 1.53. The van der Waals surface area contributed by atoms with Crippen LogP contribution in [0.5, 0.6) is 0 Å². The number of H-pyrrole nitrogens is 1. The van der Waals surface area contributed by atoms with Crippen molar-refractivity contribution >= 4 is 16.6 Å². The van der Waals surface area contributed by atoms with Crippen LogP contribution in [0, 0.1) is 24.0 Å². The van der Waals surface area contributed by atoms with Crippen LogP contribution in [0.3, 0.4) is 0 Å². The molecule has 1 aromatic heterocycles. The van der Waals surface area contributed by atoms with E-state index in [4.69, 9.17) is 6.42 Å². The molecule has 0 unspecified atom stereocenters. The van der Waals surface area contributed by atoms with E-state index in [1.54, 1.807) is 19.1 Å². The minimum absolute atomic E-state index is 0.0330. The van der Waals surface area contributed by atoms with Crippen LogP contribution in [-0.4, -0.2) is 77.4 Å². The molecule has 3 N–H and O–H groups in total. The van der Waals surface area contributed by atoms with Crippen molar-refractivity contribution in [1.29, 1.82) is 0 Å². The van der Waals surface area contributed by atoms with Gasteiger partial charge in [0.05, 0.1) is 25.3 Å². The van der Waals surface area contributed by atoms with Gasteiger partial charge in [-0.25, -0.2) is 17.6 Å². The average molecular weight is 547 g/mol.